The molecule has 0 aromatic carbocycles. The number of hydrogen-bond donors (Lipinski definition) is 1. The van der Waals surface area contributed by atoms with Crippen molar-refractivity contribution >= 4 is 17.8 Å². The lowest BCUT2D eigenvalue weighted by Crippen LogP contribution is -2.04. The van der Waals surface area contributed by atoms with Crippen LogP contribution in [0.3, 0.4) is 0 Å². The molecule has 0 aliphatic rings. The van der Waals surface area contributed by atoms with Gasteiger partial charge in [-0.15, -0.1) is 0 Å². The van der Waals surface area contributed by atoms with Crippen molar-refractivity contribution in [2.75, 3.05) is 0 Å². The molecule has 0 atom stereocenters. The van der Waals surface area contributed by atoms with Crippen molar-refractivity contribution in [2.24, 2.45) is 0 Å². The van der Waals surface area contributed by atoms with Crippen LogP contribution in [0, 0.1) is 11.7 Å². The number of aryl methyl sites for hydroxylation is 1. The first-order chi connectivity index (χ1) is 11.1. The molecule has 2 aromatic heterocycles. The van der Waals surface area contributed by atoms with Crippen molar-refractivity contribution in [3.8, 4) is 11.4 Å². The molecule has 1 N–H and O–H groups in total. The number of H-pyrrole nitrogens is 1. The molecule has 23 heavy (non-hydrogen) atoms. The monoisotopic (exact) mass is 334 g/mol. The fourth-order valence-corrected chi connectivity index (χ4v) is 2.22. The molecule has 0 bridgehead atoms. The molecule has 0 aliphatic carbocycles. The molecule has 2 aromatic rings. The third kappa shape index (κ3) is 5.13. The fourth-order valence-electron chi connectivity index (χ4n) is 2.06. The predicted molar refractivity (Wildman–Crippen MR) is 103 cm³/mol. The number of aromatic nitrogens is 4. The van der Waals surface area contributed by atoms with Gasteiger partial charge in [0.05, 0.1) is 17.6 Å². The zero-order valence-electron chi connectivity index (χ0n) is 15.7. The lowest BCUT2D eigenvalue weighted by molar-refractivity contribution is 0.751. The molecular formula is C18H30N4S. The van der Waals surface area contributed by atoms with E-state index in [0.29, 0.717) is 4.77 Å². The van der Waals surface area contributed by atoms with Crippen LogP contribution >= 0.6 is 12.2 Å². The third-order valence-electron chi connectivity index (χ3n) is 3.22. The highest BCUT2D eigenvalue weighted by molar-refractivity contribution is 7.71. The first kappa shape index (κ1) is 21.2. The summed E-state index contributed by atoms with van der Waals surface area (Å²) in [5, 5.41) is 0. The Kier molecular flexibility index (Phi) is 10.1. The van der Waals surface area contributed by atoms with E-state index in [0.717, 1.165) is 29.3 Å². The van der Waals surface area contributed by atoms with E-state index in [9.17, 15) is 0 Å². The van der Waals surface area contributed by atoms with Gasteiger partial charge in [-0.2, -0.15) is 0 Å². The second-order valence-corrected chi connectivity index (χ2v) is 4.82. The number of allylic oxidation sites excluding steroid dienone is 2. The van der Waals surface area contributed by atoms with E-state index in [1.54, 1.807) is 6.20 Å². The van der Waals surface area contributed by atoms with E-state index >= 15 is 0 Å². The van der Waals surface area contributed by atoms with Gasteiger partial charge in [0.15, 0.2) is 4.77 Å². The maximum absolute atomic E-state index is 5.11. The highest BCUT2D eigenvalue weighted by Crippen LogP contribution is 2.24. The molecule has 4 nitrogen and oxygen atoms in total. The van der Waals surface area contributed by atoms with Crippen LogP contribution in [0.1, 0.15) is 59.9 Å². The lowest BCUT2D eigenvalue weighted by atomic mass is 10.2. The number of nitrogens with one attached hydrogen (secondary N) is 1. The van der Waals surface area contributed by atoms with Crippen LogP contribution in [0.2, 0.25) is 0 Å². The number of nitrogens with zero attached hydrogens (tertiary/aromatic N) is 3. The van der Waals surface area contributed by atoms with Crippen molar-refractivity contribution in [2.45, 2.75) is 61.9 Å². The van der Waals surface area contributed by atoms with Crippen LogP contribution in [-0.4, -0.2) is 19.5 Å². The molecule has 0 radical (unpaired) electrons. The van der Waals surface area contributed by atoms with E-state index in [2.05, 4.69) is 39.4 Å². The van der Waals surface area contributed by atoms with Crippen LogP contribution in [-0.2, 0) is 6.54 Å². The number of aromatic amines is 1. The Hall–Kier alpha value is -1.75. The fraction of sp³-hybridized carbons (Fsp3) is 0.500. The van der Waals surface area contributed by atoms with Gasteiger partial charge < -0.3 is 9.55 Å². The Labute approximate surface area is 145 Å². The largest absolute Gasteiger partial charge is 0.329 e. The molecule has 0 saturated heterocycles. The predicted octanol–water partition coefficient (Wildman–Crippen LogP) is 5.81. The summed E-state index contributed by atoms with van der Waals surface area (Å²) in [7, 11) is 0. The molecule has 128 valence electrons. The second kappa shape index (κ2) is 10.9. The molecule has 5 heteroatoms. The Morgan fingerprint density at radius 2 is 1.83 bits per heavy atom. The van der Waals surface area contributed by atoms with E-state index < -0.39 is 0 Å². The highest BCUT2D eigenvalue weighted by Gasteiger charge is 2.13. The van der Waals surface area contributed by atoms with E-state index in [1.807, 2.05) is 47.7 Å². The topological polar surface area (TPSA) is 46.5 Å². The van der Waals surface area contributed by atoms with Gasteiger partial charge in [-0.25, -0.2) is 9.97 Å². The normalized spacial score (nSPS) is 10.3. The Balaban J connectivity index is 0.00000112. The zero-order valence-corrected chi connectivity index (χ0v) is 16.5. The average Bonchev–Trinajstić information content (AvgIpc) is 3.03. The maximum Gasteiger partial charge on any atom is 0.197 e. The summed E-state index contributed by atoms with van der Waals surface area (Å²) in [6.45, 7) is 17.1. The summed E-state index contributed by atoms with van der Waals surface area (Å²) in [5.41, 5.74) is 4.26. The van der Waals surface area contributed by atoms with Gasteiger partial charge in [-0.1, -0.05) is 33.8 Å². The summed E-state index contributed by atoms with van der Waals surface area (Å²) < 4.78 is 2.68. The summed E-state index contributed by atoms with van der Waals surface area (Å²) in [4.78, 5) is 11.8. The summed E-state index contributed by atoms with van der Waals surface area (Å²) in [6.07, 6.45) is 5.75. The number of imidazole rings is 1. The Bertz CT molecular complexity index is 681. The summed E-state index contributed by atoms with van der Waals surface area (Å²) in [6, 6.07) is 0. The molecule has 0 spiro atoms. The number of rotatable bonds is 3. The lowest BCUT2D eigenvalue weighted by Gasteiger charge is -2.11. The van der Waals surface area contributed by atoms with Crippen molar-refractivity contribution in [1.82, 2.24) is 19.5 Å². The van der Waals surface area contributed by atoms with Gasteiger partial charge in [-0.3, -0.25) is 0 Å². The van der Waals surface area contributed by atoms with E-state index in [1.165, 1.54) is 5.57 Å². The molecule has 0 amide bonds. The molecular weight excluding hydrogens is 304 g/mol. The minimum atomic E-state index is 0.494. The zero-order chi connectivity index (χ0) is 18.0. The van der Waals surface area contributed by atoms with Crippen molar-refractivity contribution < 1.29 is 0 Å². The van der Waals surface area contributed by atoms with Crippen molar-refractivity contribution in [1.29, 1.82) is 0 Å². The SMILES string of the molecule is C/C=C(/C)c1ncc(-c2[nH]c(=S)ncc2C)n1CC.CC.CC. The molecule has 2 rings (SSSR count). The van der Waals surface area contributed by atoms with Gasteiger partial charge in [0.25, 0.3) is 0 Å². The van der Waals surface area contributed by atoms with E-state index in [4.69, 9.17) is 12.2 Å². The minimum absolute atomic E-state index is 0.494. The van der Waals surface area contributed by atoms with Crippen molar-refractivity contribution in [3.05, 3.63) is 34.6 Å². The quantitative estimate of drug-likeness (QED) is 0.721. The van der Waals surface area contributed by atoms with Gasteiger partial charge in [0, 0.05) is 12.7 Å². The standard InChI is InChI=1S/C14H18N4S.2C2H6/c1-5-9(3)13-15-8-11(18(13)6-2)12-10(4)7-16-14(19)17-12;2*1-2/h5,7-8H,6H2,1-4H3,(H,16,17,19);2*1-2H3/b9-5-;;. The Morgan fingerprint density at radius 1 is 1.22 bits per heavy atom. The van der Waals surface area contributed by atoms with Crippen LogP contribution < -0.4 is 0 Å². The van der Waals surface area contributed by atoms with Crippen LogP contribution in [0.25, 0.3) is 17.0 Å². The summed E-state index contributed by atoms with van der Waals surface area (Å²) >= 11 is 5.11. The minimum Gasteiger partial charge on any atom is -0.329 e. The first-order valence-electron chi connectivity index (χ1n) is 8.33. The Morgan fingerprint density at radius 3 is 2.35 bits per heavy atom. The summed E-state index contributed by atoms with van der Waals surface area (Å²) in [5.74, 6) is 0.996. The van der Waals surface area contributed by atoms with Gasteiger partial charge in [0.1, 0.15) is 5.82 Å². The van der Waals surface area contributed by atoms with Gasteiger partial charge in [0.2, 0.25) is 0 Å². The van der Waals surface area contributed by atoms with Crippen LogP contribution in [0.15, 0.2) is 18.5 Å². The van der Waals surface area contributed by atoms with Crippen LogP contribution in [0.5, 0.6) is 0 Å². The van der Waals surface area contributed by atoms with Gasteiger partial charge in [-0.05, 0) is 51.0 Å². The van der Waals surface area contributed by atoms with Crippen molar-refractivity contribution in [3.63, 3.8) is 0 Å². The highest BCUT2D eigenvalue weighted by atomic mass is 32.1. The van der Waals surface area contributed by atoms with Gasteiger partial charge >= 0.3 is 0 Å². The molecule has 0 unspecified atom stereocenters. The maximum atomic E-state index is 5.11. The molecule has 2 heterocycles. The number of hydrogen-bond acceptors (Lipinski definition) is 3. The van der Waals surface area contributed by atoms with Crippen LogP contribution in [0.4, 0.5) is 0 Å². The first-order valence-corrected chi connectivity index (χ1v) is 8.74. The average molecular weight is 335 g/mol. The van der Waals surface area contributed by atoms with E-state index in [-0.39, 0.29) is 0 Å². The second-order valence-electron chi connectivity index (χ2n) is 4.43. The molecule has 0 aliphatic heterocycles. The third-order valence-corrected chi connectivity index (χ3v) is 3.42. The molecule has 0 saturated carbocycles. The smallest absolute Gasteiger partial charge is 0.197 e. The molecule has 0 fully saturated rings.